The third kappa shape index (κ3) is 4.54. The molecule has 7 nitrogen and oxygen atoms in total. The van der Waals surface area contributed by atoms with Crippen molar-refractivity contribution in [2.45, 2.75) is 51.0 Å². The van der Waals surface area contributed by atoms with Gasteiger partial charge in [0, 0.05) is 19.6 Å². The maximum Gasteiger partial charge on any atom is 0.273 e. The summed E-state index contributed by atoms with van der Waals surface area (Å²) < 4.78 is 1.85. The molecule has 1 aliphatic heterocycles. The van der Waals surface area contributed by atoms with Gasteiger partial charge in [0.25, 0.3) is 5.91 Å². The predicted octanol–water partition coefficient (Wildman–Crippen LogP) is 1.22. The van der Waals surface area contributed by atoms with Gasteiger partial charge < -0.3 is 15.3 Å². The Morgan fingerprint density at radius 2 is 2.08 bits per heavy atom. The number of carbonyl (C=O) groups is 1. The van der Waals surface area contributed by atoms with Crippen molar-refractivity contribution in [2.75, 3.05) is 32.8 Å². The second kappa shape index (κ2) is 8.58. The molecular weight excluding hydrogens is 306 g/mol. The van der Waals surface area contributed by atoms with Gasteiger partial charge in [-0.25, -0.2) is 4.68 Å². The first kappa shape index (κ1) is 17.4. The third-order valence-corrected chi connectivity index (χ3v) is 5.24. The number of piperidine rings is 1. The average molecular weight is 335 g/mol. The molecule has 1 amide bonds. The van der Waals surface area contributed by atoms with Gasteiger partial charge in [0.2, 0.25) is 0 Å². The fourth-order valence-electron chi connectivity index (χ4n) is 3.97. The molecule has 24 heavy (non-hydrogen) atoms. The van der Waals surface area contributed by atoms with Crippen LogP contribution in [0, 0.1) is 5.92 Å². The summed E-state index contributed by atoms with van der Waals surface area (Å²) in [7, 11) is 0. The molecule has 1 aromatic heterocycles. The Hall–Kier alpha value is -1.47. The van der Waals surface area contributed by atoms with Crippen LogP contribution in [0.15, 0.2) is 6.20 Å². The van der Waals surface area contributed by atoms with E-state index in [9.17, 15) is 4.79 Å². The fraction of sp³-hybridized carbons (Fsp3) is 0.824. The smallest absolute Gasteiger partial charge is 0.273 e. The number of hydrogen-bond acceptors (Lipinski definition) is 5. The molecule has 3 rings (SSSR count). The maximum absolute atomic E-state index is 11.9. The number of amides is 1. The lowest BCUT2D eigenvalue weighted by Gasteiger charge is -2.35. The van der Waals surface area contributed by atoms with Gasteiger partial charge in [-0.3, -0.25) is 4.79 Å². The van der Waals surface area contributed by atoms with Crippen molar-refractivity contribution in [3.63, 3.8) is 0 Å². The van der Waals surface area contributed by atoms with E-state index >= 15 is 0 Å². The van der Waals surface area contributed by atoms with Crippen LogP contribution in [0.5, 0.6) is 0 Å². The molecule has 2 heterocycles. The predicted molar refractivity (Wildman–Crippen MR) is 90.7 cm³/mol. The zero-order valence-electron chi connectivity index (χ0n) is 14.4. The molecule has 1 aromatic rings. The van der Waals surface area contributed by atoms with E-state index in [4.69, 9.17) is 5.11 Å². The second-order valence-electron chi connectivity index (χ2n) is 7.12. The van der Waals surface area contributed by atoms with Gasteiger partial charge in [0.15, 0.2) is 5.69 Å². The van der Waals surface area contributed by atoms with Crippen LogP contribution in [0.2, 0.25) is 0 Å². The first-order chi connectivity index (χ1) is 11.8. The molecule has 2 N–H and O–H groups in total. The molecule has 1 saturated heterocycles. The largest absolute Gasteiger partial charge is 0.395 e. The van der Waals surface area contributed by atoms with E-state index in [2.05, 4.69) is 20.5 Å². The first-order valence-electron chi connectivity index (χ1n) is 9.29. The molecule has 1 aliphatic carbocycles. The Kier molecular flexibility index (Phi) is 6.20. The van der Waals surface area contributed by atoms with Crippen LogP contribution >= 0.6 is 0 Å². The van der Waals surface area contributed by atoms with Crippen LogP contribution in [0.1, 0.15) is 61.5 Å². The van der Waals surface area contributed by atoms with Gasteiger partial charge in [-0.05, 0) is 38.1 Å². The van der Waals surface area contributed by atoms with Crippen LogP contribution in [0.25, 0.3) is 0 Å². The van der Waals surface area contributed by atoms with Gasteiger partial charge in [-0.2, -0.15) is 0 Å². The minimum atomic E-state index is -0.273. The number of nitrogens with one attached hydrogen (secondary N) is 1. The topological polar surface area (TPSA) is 83.3 Å². The van der Waals surface area contributed by atoms with Crippen LogP contribution < -0.4 is 5.32 Å². The monoisotopic (exact) mass is 335 g/mol. The number of nitrogens with zero attached hydrogens (tertiary/aromatic N) is 4. The van der Waals surface area contributed by atoms with E-state index in [1.165, 1.54) is 51.6 Å². The molecule has 0 aromatic carbocycles. The highest BCUT2D eigenvalue weighted by Crippen LogP contribution is 2.27. The quantitative estimate of drug-likeness (QED) is 0.817. The zero-order chi connectivity index (χ0) is 16.8. The lowest BCUT2D eigenvalue weighted by molar-refractivity contribution is 0.0939. The van der Waals surface area contributed by atoms with Gasteiger partial charge in [0.1, 0.15) is 0 Å². The van der Waals surface area contributed by atoms with Gasteiger partial charge in [-0.15, -0.1) is 5.10 Å². The van der Waals surface area contributed by atoms with E-state index in [1.54, 1.807) is 6.20 Å². The number of likely N-dealkylation sites (tertiary alicyclic amines) is 1. The Labute approximate surface area is 143 Å². The van der Waals surface area contributed by atoms with E-state index < -0.39 is 0 Å². The Morgan fingerprint density at radius 3 is 2.88 bits per heavy atom. The molecule has 1 saturated carbocycles. The van der Waals surface area contributed by atoms with E-state index in [-0.39, 0.29) is 19.1 Å². The molecule has 0 bridgehead atoms. The summed E-state index contributed by atoms with van der Waals surface area (Å²) >= 11 is 0. The Balaban J connectivity index is 1.54. The molecule has 7 heteroatoms. The zero-order valence-corrected chi connectivity index (χ0v) is 14.4. The van der Waals surface area contributed by atoms with Crippen LogP contribution in [-0.2, 0) is 0 Å². The molecule has 134 valence electrons. The van der Waals surface area contributed by atoms with Crippen LogP contribution in [0.3, 0.4) is 0 Å². The van der Waals surface area contributed by atoms with E-state index in [0.717, 1.165) is 18.9 Å². The minimum Gasteiger partial charge on any atom is -0.395 e. The highest BCUT2D eigenvalue weighted by Gasteiger charge is 2.25. The van der Waals surface area contributed by atoms with Crippen molar-refractivity contribution in [1.29, 1.82) is 0 Å². The van der Waals surface area contributed by atoms with Crippen molar-refractivity contribution in [3.8, 4) is 0 Å². The van der Waals surface area contributed by atoms with Crippen molar-refractivity contribution < 1.29 is 9.90 Å². The lowest BCUT2D eigenvalue weighted by Crippen LogP contribution is -2.40. The summed E-state index contributed by atoms with van der Waals surface area (Å²) in [5.74, 6) is 0.582. The van der Waals surface area contributed by atoms with Crippen molar-refractivity contribution in [3.05, 3.63) is 11.9 Å². The Morgan fingerprint density at radius 1 is 1.25 bits per heavy atom. The van der Waals surface area contributed by atoms with Crippen LogP contribution in [-0.4, -0.2) is 63.7 Å². The molecule has 2 aliphatic rings. The standard InChI is InChI=1S/C17H29N5O2/c23-10-8-18-17(24)16-13-22(20-19-16)15-7-4-9-21(12-15)11-14-5-2-1-3-6-14/h13-15,23H,1-12H2,(H,18,24). The van der Waals surface area contributed by atoms with Crippen LogP contribution in [0.4, 0.5) is 0 Å². The average Bonchev–Trinajstić information content (AvgIpc) is 3.11. The fourth-order valence-corrected chi connectivity index (χ4v) is 3.97. The number of hydrogen-bond donors (Lipinski definition) is 2. The summed E-state index contributed by atoms with van der Waals surface area (Å²) in [6.45, 7) is 3.54. The van der Waals surface area contributed by atoms with E-state index in [0.29, 0.717) is 11.7 Å². The molecular formula is C17H29N5O2. The molecule has 1 unspecified atom stereocenters. The highest BCUT2D eigenvalue weighted by atomic mass is 16.3. The van der Waals surface area contributed by atoms with Gasteiger partial charge in [-0.1, -0.05) is 24.5 Å². The summed E-state index contributed by atoms with van der Waals surface area (Å²) in [4.78, 5) is 14.4. The van der Waals surface area contributed by atoms with Crippen molar-refractivity contribution in [2.24, 2.45) is 5.92 Å². The van der Waals surface area contributed by atoms with Crippen molar-refractivity contribution >= 4 is 5.91 Å². The van der Waals surface area contributed by atoms with Gasteiger partial charge >= 0.3 is 0 Å². The highest BCUT2D eigenvalue weighted by molar-refractivity contribution is 5.91. The molecule has 1 atom stereocenters. The molecule has 0 radical (unpaired) electrons. The van der Waals surface area contributed by atoms with E-state index in [1.807, 2.05) is 4.68 Å². The number of carbonyl (C=O) groups excluding carboxylic acids is 1. The SMILES string of the molecule is O=C(NCCO)c1cn(C2CCCN(CC3CCCCC3)C2)nn1. The summed E-state index contributed by atoms with van der Waals surface area (Å²) in [6.07, 6.45) is 10.9. The number of rotatable bonds is 6. The second-order valence-corrected chi connectivity index (χ2v) is 7.12. The number of aromatic nitrogens is 3. The van der Waals surface area contributed by atoms with Crippen molar-refractivity contribution in [1.82, 2.24) is 25.2 Å². The minimum absolute atomic E-state index is 0.0708. The summed E-state index contributed by atoms with van der Waals surface area (Å²) in [6, 6.07) is 0.300. The lowest BCUT2D eigenvalue weighted by atomic mass is 9.88. The number of aliphatic hydroxyl groups is 1. The molecule has 2 fully saturated rings. The molecule has 0 spiro atoms. The van der Waals surface area contributed by atoms with Gasteiger partial charge in [0.05, 0.1) is 18.8 Å². The Bertz CT molecular complexity index is 527. The third-order valence-electron chi connectivity index (χ3n) is 5.24. The summed E-state index contributed by atoms with van der Waals surface area (Å²) in [5.41, 5.74) is 0.327. The maximum atomic E-state index is 11.9. The number of aliphatic hydroxyl groups excluding tert-OH is 1. The normalized spacial score (nSPS) is 23.3. The first-order valence-corrected chi connectivity index (χ1v) is 9.29. The summed E-state index contributed by atoms with van der Waals surface area (Å²) in [5, 5.41) is 19.5.